The molecule has 1 aliphatic heterocycles. The molecule has 1 spiro atoms. The summed E-state index contributed by atoms with van der Waals surface area (Å²) in [6, 6.07) is 6.00. The molecular formula is C11H10BrNO. The number of hydrogen-bond donors (Lipinski definition) is 1. The molecule has 1 heterocycles. The Kier molecular flexibility index (Phi) is 1.45. The molecule has 1 saturated carbocycles. The maximum absolute atomic E-state index is 11.8. The highest BCUT2D eigenvalue weighted by Gasteiger charge is 2.62. The number of carbonyl (C=O) groups is 1. The smallest absolute Gasteiger partial charge is 0.235 e. The van der Waals surface area contributed by atoms with Crippen LogP contribution in [0.4, 0.5) is 5.69 Å². The van der Waals surface area contributed by atoms with Gasteiger partial charge in [-0.15, -0.1) is 0 Å². The molecule has 1 amide bonds. The monoisotopic (exact) mass is 251 g/mol. The SMILES string of the molecule is CC1C[C@@]12C(=O)Nc1ccc(Br)cc12. The van der Waals surface area contributed by atoms with Crippen LogP contribution in [0.2, 0.25) is 0 Å². The minimum absolute atomic E-state index is 0.179. The fourth-order valence-corrected chi connectivity index (χ4v) is 2.83. The second-order valence-corrected chi connectivity index (χ2v) is 5.14. The number of rotatable bonds is 0. The number of fused-ring (bicyclic) bond motifs is 2. The molecule has 1 aromatic rings. The van der Waals surface area contributed by atoms with E-state index in [0.717, 1.165) is 16.6 Å². The van der Waals surface area contributed by atoms with E-state index in [1.54, 1.807) is 0 Å². The first-order valence-corrected chi connectivity index (χ1v) is 5.55. The van der Waals surface area contributed by atoms with Crippen LogP contribution in [-0.4, -0.2) is 5.91 Å². The van der Waals surface area contributed by atoms with Gasteiger partial charge < -0.3 is 5.32 Å². The lowest BCUT2D eigenvalue weighted by molar-refractivity contribution is -0.118. The topological polar surface area (TPSA) is 29.1 Å². The van der Waals surface area contributed by atoms with Gasteiger partial charge in [-0.2, -0.15) is 0 Å². The third-order valence-corrected chi connectivity index (χ3v) is 3.92. The number of benzene rings is 1. The number of nitrogens with one attached hydrogen (secondary N) is 1. The van der Waals surface area contributed by atoms with Gasteiger partial charge in [-0.1, -0.05) is 22.9 Å². The highest BCUT2D eigenvalue weighted by molar-refractivity contribution is 9.10. The Bertz CT molecular complexity index is 443. The second kappa shape index (κ2) is 2.40. The molecule has 1 unspecified atom stereocenters. The van der Waals surface area contributed by atoms with Gasteiger partial charge in [0.05, 0.1) is 5.41 Å². The van der Waals surface area contributed by atoms with Crippen molar-refractivity contribution in [2.24, 2.45) is 5.92 Å². The van der Waals surface area contributed by atoms with Crippen LogP contribution < -0.4 is 5.32 Å². The highest BCUT2D eigenvalue weighted by atomic mass is 79.9. The number of hydrogen-bond acceptors (Lipinski definition) is 1. The number of amides is 1. The Morgan fingerprint density at radius 2 is 2.29 bits per heavy atom. The fraction of sp³-hybridized carbons (Fsp3) is 0.364. The van der Waals surface area contributed by atoms with E-state index in [9.17, 15) is 4.79 Å². The van der Waals surface area contributed by atoms with E-state index >= 15 is 0 Å². The zero-order valence-corrected chi connectivity index (χ0v) is 9.39. The first-order chi connectivity index (χ1) is 6.64. The number of halogens is 1. The number of anilines is 1. The zero-order valence-electron chi connectivity index (χ0n) is 7.80. The molecule has 0 aromatic heterocycles. The van der Waals surface area contributed by atoms with Gasteiger partial charge in [0.15, 0.2) is 0 Å². The summed E-state index contributed by atoms with van der Waals surface area (Å²) in [6.07, 6.45) is 0.988. The van der Waals surface area contributed by atoms with Gasteiger partial charge in [0, 0.05) is 10.2 Å². The molecule has 72 valence electrons. The summed E-state index contributed by atoms with van der Waals surface area (Å²) >= 11 is 3.45. The van der Waals surface area contributed by atoms with Gasteiger partial charge in [0.25, 0.3) is 0 Å². The standard InChI is InChI=1S/C11H10BrNO/c1-6-5-11(6)8-4-7(12)2-3-9(8)13-10(11)14/h2-4,6H,5H2,1H3,(H,13,14)/t6?,11-/m1/s1. The predicted molar refractivity (Wildman–Crippen MR) is 58.2 cm³/mol. The maximum Gasteiger partial charge on any atom is 0.235 e. The lowest BCUT2D eigenvalue weighted by atomic mass is 9.95. The largest absolute Gasteiger partial charge is 0.325 e. The molecule has 2 aliphatic rings. The van der Waals surface area contributed by atoms with E-state index in [2.05, 4.69) is 34.2 Å². The van der Waals surface area contributed by atoms with Crippen LogP contribution in [0.15, 0.2) is 22.7 Å². The molecule has 1 aliphatic carbocycles. The summed E-state index contributed by atoms with van der Waals surface area (Å²) in [5.74, 6) is 0.663. The van der Waals surface area contributed by atoms with E-state index in [1.165, 1.54) is 5.56 Å². The van der Waals surface area contributed by atoms with Crippen molar-refractivity contribution in [1.29, 1.82) is 0 Å². The Labute approximate surface area is 90.8 Å². The molecule has 2 nitrogen and oxygen atoms in total. The van der Waals surface area contributed by atoms with Crippen molar-refractivity contribution in [2.75, 3.05) is 5.32 Å². The lowest BCUT2D eigenvalue weighted by Crippen LogP contribution is -2.20. The zero-order chi connectivity index (χ0) is 9.92. The highest BCUT2D eigenvalue weighted by Crippen LogP contribution is 2.59. The Morgan fingerprint density at radius 3 is 2.93 bits per heavy atom. The van der Waals surface area contributed by atoms with E-state index in [0.29, 0.717) is 5.92 Å². The first kappa shape index (κ1) is 8.48. The Morgan fingerprint density at radius 1 is 1.57 bits per heavy atom. The van der Waals surface area contributed by atoms with Crippen LogP contribution in [-0.2, 0) is 10.2 Å². The van der Waals surface area contributed by atoms with Gasteiger partial charge in [-0.25, -0.2) is 0 Å². The molecular weight excluding hydrogens is 242 g/mol. The second-order valence-electron chi connectivity index (χ2n) is 4.22. The van der Waals surface area contributed by atoms with Crippen LogP contribution in [0, 0.1) is 5.92 Å². The summed E-state index contributed by atoms with van der Waals surface area (Å²) in [5, 5.41) is 2.95. The third-order valence-electron chi connectivity index (χ3n) is 3.42. The van der Waals surface area contributed by atoms with Crippen molar-refractivity contribution >= 4 is 27.5 Å². The van der Waals surface area contributed by atoms with Crippen LogP contribution >= 0.6 is 15.9 Å². The summed E-state index contributed by atoms with van der Waals surface area (Å²) < 4.78 is 1.05. The molecule has 3 rings (SSSR count). The quantitative estimate of drug-likeness (QED) is 0.755. The van der Waals surface area contributed by atoms with Gasteiger partial charge in [-0.3, -0.25) is 4.79 Å². The van der Waals surface area contributed by atoms with Crippen molar-refractivity contribution in [3.05, 3.63) is 28.2 Å². The minimum Gasteiger partial charge on any atom is -0.325 e. The summed E-state index contributed by atoms with van der Waals surface area (Å²) in [7, 11) is 0. The summed E-state index contributed by atoms with van der Waals surface area (Å²) in [6.45, 7) is 2.13. The molecule has 1 N–H and O–H groups in total. The average Bonchev–Trinajstić information content (AvgIpc) is 2.74. The van der Waals surface area contributed by atoms with E-state index in [4.69, 9.17) is 0 Å². The fourth-order valence-electron chi connectivity index (χ4n) is 2.47. The van der Waals surface area contributed by atoms with Crippen LogP contribution in [0.5, 0.6) is 0 Å². The van der Waals surface area contributed by atoms with Gasteiger partial charge in [0.1, 0.15) is 0 Å². The molecule has 1 aromatic carbocycles. The van der Waals surface area contributed by atoms with Crippen LogP contribution in [0.25, 0.3) is 0 Å². The average molecular weight is 252 g/mol. The minimum atomic E-state index is -0.195. The van der Waals surface area contributed by atoms with Crippen LogP contribution in [0.1, 0.15) is 18.9 Å². The first-order valence-electron chi connectivity index (χ1n) is 4.76. The van der Waals surface area contributed by atoms with Crippen molar-refractivity contribution < 1.29 is 4.79 Å². The third kappa shape index (κ3) is 0.836. The van der Waals surface area contributed by atoms with Gasteiger partial charge in [-0.05, 0) is 36.1 Å². The lowest BCUT2D eigenvalue weighted by Gasteiger charge is -2.05. The van der Waals surface area contributed by atoms with Crippen LogP contribution in [0.3, 0.4) is 0 Å². The van der Waals surface area contributed by atoms with Crippen molar-refractivity contribution in [1.82, 2.24) is 0 Å². The normalized spacial score (nSPS) is 33.0. The van der Waals surface area contributed by atoms with E-state index < -0.39 is 0 Å². The molecule has 0 radical (unpaired) electrons. The van der Waals surface area contributed by atoms with Gasteiger partial charge >= 0.3 is 0 Å². The molecule has 0 bridgehead atoms. The molecule has 14 heavy (non-hydrogen) atoms. The summed E-state index contributed by atoms with van der Waals surface area (Å²) in [4.78, 5) is 11.8. The molecule has 0 saturated heterocycles. The van der Waals surface area contributed by atoms with Crippen molar-refractivity contribution in [2.45, 2.75) is 18.8 Å². The predicted octanol–water partition coefficient (Wildman–Crippen LogP) is 2.68. The maximum atomic E-state index is 11.8. The van der Waals surface area contributed by atoms with Gasteiger partial charge in [0.2, 0.25) is 5.91 Å². The van der Waals surface area contributed by atoms with E-state index in [1.807, 2.05) is 12.1 Å². The van der Waals surface area contributed by atoms with Crippen molar-refractivity contribution in [3.63, 3.8) is 0 Å². The Hall–Kier alpha value is -0.830. The molecule has 1 fully saturated rings. The Balaban J connectivity index is 2.22. The molecule has 3 heteroatoms. The van der Waals surface area contributed by atoms with E-state index in [-0.39, 0.29) is 11.3 Å². The summed E-state index contributed by atoms with van der Waals surface area (Å²) in [5.41, 5.74) is 1.96. The molecule has 2 atom stereocenters. The van der Waals surface area contributed by atoms with Crippen molar-refractivity contribution in [3.8, 4) is 0 Å². The number of carbonyl (C=O) groups excluding carboxylic acids is 1.